The predicted molar refractivity (Wildman–Crippen MR) is 80.1 cm³/mol. The Hall–Kier alpha value is -0.790. The topological polar surface area (TPSA) is 0 Å². The van der Waals surface area contributed by atoms with Crippen molar-refractivity contribution in [2.75, 3.05) is 0 Å². The van der Waals surface area contributed by atoms with E-state index in [0.29, 0.717) is 5.92 Å². The van der Waals surface area contributed by atoms with Crippen LogP contribution in [0.5, 0.6) is 0 Å². The first-order valence-corrected chi connectivity index (χ1v) is 7.43. The van der Waals surface area contributed by atoms with Crippen molar-refractivity contribution in [1.29, 1.82) is 0 Å². The lowest BCUT2D eigenvalue weighted by molar-refractivity contribution is 0.543. The molecule has 0 saturated heterocycles. The minimum atomic E-state index is 0.153. The third-order valence-electron chi connectivity index (χ3n) is 3.64. The Kier molecular flexibility index (Phi) is 3.45. The van der Waals surface area contributed by atoms with E-state index in [1.165, 1.54) is 16.7 Å². The number of halogens is 2. The second-order valence-electron chi connectivity index (χ2n) is 4.90. The van der Waals surface area contributed by atoms with Crippen LogP contribution in [0.4, 0.5) is 0 Å². The Morgan fingerprint density at radius 3 is 2.72 bits per heavy atom. The molecule has 0 aliphatic heterocycles. The van der Waals surface area contributed by atoms with Crippen molar-refractivity contribution in [2.45, 2.75) is 18.2 Å². The van der Waals surface area contributed by atoms with Crippen LogP contribution in [0, 0.1) is 5.92 Å². The number of benzene rings is 2. The molecule has 2 aromatic carbocycles. The maximum absolute atomic E-state index is 6.59. The summed E-state index contributed by atoms with van der Waals surface area (Å²) in [6.07, 6.45) is 2.14. The lowest BCUT2D eigenvalue weighted by atomic mass is 9.96. The standard InChI is InChI=1S/C16H14BrCl/c17-14-6-3-4-11(9-14)8-13-10-12-5-1-2-7-15(12)16(13)18/h1-7,9,13,16H,8,10H2. The summed E-state index contributed by atoms with van der Waals surface area (Å²) >= 11 is 10.1. The molecule has 0 nitrogen and oxygen atoms in total. The van der Waals surface area contributed by atoms with Gasteiger partial charge in [0.25, 0.3) is 0 Å². The van der Waals surface area contributed by atoms with E-state index in [1.807, 2.05) is 0 Å². The Bertz CT molecular complexity index is 565. The average molecular weight is 322 g/mol. The normalized spacial score (nSPS) is 21.9. The molecule has 2 aromatic rings. The summed E-state index contributed by atoms with van der Waals surface area (Å²) < 4.78 is 1.14. The van der Waals surface area contributed by atoms with E-state index in [0.717, 1.165) is 17.3 Å². The Morgan fingerprint density at radius 2 is 1.94 bits per heavy atom. The molecule has 3 rings (SSSR count). The highest BCUT2D eigenvalue weighted by Gasteiger charge is 2.30. The number of rotatable bonds is 2. The Balaban J connectivity index is 1.81. The predicted octanol–water partition coefficient (Wildman–Crippen LogP) is 5.14. The summed E-state index contributed by atoms with van der Waals surface area (Å²) in [6, 6.07) is 17.1. The molecule has 2 unspecified atom stereocenters. The summed E-state index contributed by atoms with van der Waals surface area (Å²) in [4.78, 5) is 0. The van der Waals surface area contributed by atoms with Gasteiger partial charge >= 0.3 is 0 Å². The fourth-order valence-corrected chi connectivity index (χ4v) is 3.61. The molecule has 0 saturated carbocycles. The van der Waals surface area contributed by atoms with Crippen LogP contribution in [0.15, 0.2) is 53.0 Å². The van der Waals surface area contributed by atoms with E-state index in [2.05, 4.69) is 64.5 Å². The number of fused-ring (bicyclic) bond motifs is 1. The van der Waals surface area contributed by atoms with Crippen LogP contribution in [-0.4, -0.2) is 0 Å². The van der Waals surface area contributed by atoms with Crippen LogP contribution in [-0.2, 0) is 12.8 Å². The van der Waals surface area contributed by atoms with Crippen molar-refractivity contribution >= 4 is 27.5 Å². The van der Waals surface area contributed by atoms with Gasteiger partial charge in [-0.2, -0.15) is 0 Å². The van der Waals surface area contributed by atoms with E-state index >= 15 is 0 Å². The molecule has 0 N–H and O–H groups in total. The van der Waals surface area contributed by atoms with E-state index in [9.17, 15) is 0 Å². The van der Waals surface area contributed by atoms with Gasteiger partial charge in [0.05, 0.1) is 5.38 Å². The molecule has 18 heavy (non-hydrogen) atoms. The zero-order chi connectivity index (χ0) is 12.5. The quantitative estimate of drug-likeness (QED) is 0.672. The maximum atomic E-state index is 6.59. The molecule has 92 valence electrons. The van der Waals surface area contributed by atoms with Crippen molar-refractivity contribution < 1.29 is 0 Å². The summed E-state index contributed by atoms with van der Waals surface area (Å²) in [6.45, 7) is 0. The van der Waals surface area contributed by atoms with Crippen LogP contribution in [0.3, 0.4) is 0 Å². The van der Waals surface area contributed by atoms with Crippen molar-refractivity contribution in [3.05, 3.63) is 69.7 Å². The Labute approximate surface area is 121 Å². The first-order valence-electron chi connectivity index (χ1n) is 6.20. The minimum absolute atomic E-state index is 0.153. The zero-order valence-electron chi connectivity index (χ0n) is 9.94. The van der Waals surface area contributed by atoms with Gasteiger partial charge in [-0.15, -0.1) is 11.6 Å². The second-order valence-corrected chi connectivity index (χ2v) is 6.28. The number of hydrogen-bond donors (Lipinski definition) is 0. The van der Waals surface area contributed by atoms with Gasteiger partial charge in [-0.1, -0.05) is 52.3 Å². The van der Waals surface area contributed by atoms with E-state index in [1.54, 1.807) is 0 Å². The minimum Gasteiger partial charge on any atom is -0.117 e. The average Bonchev–Trinajstić information content (AvgIpc) is 2.67. The third kappa shape index (κ3) is 2.34. The number of hydrogen-bond acceptors (Lipinski definition) is 0. The lowest BCUT2D eigenvalue weighted by Gasteiger charge is -2.14. The molecule has 0 heterocycles. The monoisotopic (exact) mass is 320 g/mol. The fourth-order valence-electron chi connectivity index (χ4n) is 2.77. The molecule has 1 aliphatic rings. The van der Waals surface area contributed by atoms with Crippen molar-refractivity contribution in [3.8, 4) is 0 Å². The summed E-state index contributed by atoms with van der Waals surface area (Å²) in [5, 5.41) is 0.153. The molecule has 0 spiro atoms. The van der Waals surface area contributed by atoms with Crippen LogP contribution in [0.25, 0.3) is 0 Å². The molecule has 2 atom stereocenters. The lowest BCUT2D eigenvalue weighted by Crippen LogP contribution is -2.06. The largest absolute Gasteiger partial charge is 0.117 e. The first kappa shape index (κ1) is 12.3. The first-order chi connectivity index (χ1) is 8.74. The molecule has 0 fully saturated rings. The van der Waals surface area contributed by atoms with Crippen LogP contribution in [0.1, 0.15) is 22.1 Å². The van der Waals surface area contributed by atoms with Gasteiger partial charge in [0.1, 0.15) is 0 Å². The smallest absolute Gasteiger partial charge is 0.0622 e. The molecule has 1 aliphatic carbocycles. The van der Waals surface area contributed by atoms with Crippen LogP contribution >= 0.6 is 27.5 Å². The van der Waals surface area contributed by atoms with Crippen molar-refractivity contribution in [2.24, 2.45) is 5.92 Å². The highest BCUT2D eigenvalue weighted by atomic mass is 79.9. The maximum Gasteiger partial charge on any atom is 0.0622 e. The molecule has 2 heteroatoms. The van der Waals surface area contributed by atoms with E-state index in [4.69, 9.17) is 11.6 Å². The molecular formula is C16H14BrCl. The second kappa shape index (κ2) is 5.07. The van der Waals surface area contributed by atoms with Crippen LogP contribution in [0.2, 0.25) is 0 Å². The summed E-state index contributed by atoms with van der Waals surface area (Å²) in [5.41, 5.74) is 4.09. The highest BCUT2D eigenvalue weighted by Crippen LogP contribution is 2.42. The van der Waals surface area contributed by atoms with E-state index < -0.39 is 0 Å². The molecule has 0 aromatic heterocycles. The Morgan fingerprint density at radius 1 is 1.11 bits per heavy atom. The summed E-state index contributed by atoms with van der Waals surface area (Å²) in [7, 11) is 0. The fraction of sp³-hybridized carbons (Fsp3) is 0.250. The van der Waals surface area contributed by atoms with Gasteiger partial charge in [-0.3, -0.25) is 0 Å². The van der Waals surface area contributed by atoms with Gasteiger partial charge in [-0.25, -0.2) is 0 Å². The van der Waals surface area contributed by atoms with Crippen molar-refractivity contribution in [3.63, 3.8) is 0 Å². The van der Waals surface area contributed by atoms with Gasteiger partial charge in [0.2, 0.25) is 0 Å². The summed E-state index contributed by atoms with van der Waals surface area (Å²) in [5.74, 6) is 0.512. The van der Waals surface area contributed by atoms with Gasteiger partial charge < -0.3 is 0 Å². The zero-order valence-corrected chi connectivity index (χ0v) is 12.3. The van der Waals surface area contributed by atoms with E-state index in [-0.39, 0.29) is 5.38 Å². The van der Waals surface area contributed by atoms with Crippen LogP contribution < -0.4 is 0 Å². The molecule has 0 amide bonds. The van der Waals surface area contributed by atoms with Gasteiger partial charge in [-0.05, 0) is 47.6 Å². The molecule has 0 radical (unpaired) electrons. The molecular weight excluding hydrogens is 308 g/mol. The SMILES string of the molecule is ClC1c2ccccc2CC1Cc1cccc(Br)c1. The number of alkyl halides is 1. The van der Waals surface area contributed by atoms with Crippen molar-refractivity contribution in [1.82, 2.24) is 0 Å². The van der Waals surface area contributed by atoms with Gasteiger partial charge in [0.15, 0.2) is 0 Å². The molecule has 0 bridgehead atoms. The third-order valence-corrected chi connectivity index (χ3v) is 4.72. The van der Waals surface area contributed by atoms with Gasteiger partial charge in [0, 0.05) is 4.47 Å². The highest BCUT2D eigenvalue weighted by molar-refractivity contribution is 9.10.